The zero-order valence-corrected chi connectivity index (χ0v) is 15.7. The minimum atomic E-state index is -3.92. The van der Waals surface area contributed by atoms with Crippen molar-refractivity contribution in [1.29, 1.82) is 0 Å². The zero-order valence-electron chi connectivity index (χ0n) is 14.9. The predicted molar refractivity (Wildman–Crippen MR) is 96.8 cm³/mol. The van der Waals surface area contributed by atoms with Crippen molar-refractivity contribution in [3.05, 3.63) is 18.2 Å². The number of aliphatic imine (C=N–C) groups is 1. The van der Waals surface area contributed by atoms with Crippen LogP contribution in [0.5, 0.6) is 11.5 Å². The van der Waals surface area contributed by atoms with Crippen LogP contribution in [-0.4, -0.2) is 52.9 Å². The Labute approximate surface area is 148 Å². The Balaban J connectivity index is 2.33. The number of hydrogen-bond acceptors (Lipinski definition) is 6. The molecule has 1 aromatic carbocycles. The van der Waals surface area contributed by atoms with Crippen molar-refractivity contribution in [2.75, 3.05) is 27.3 Å². The van der Waals surface area contributed by atoms with Crippen molar-refractivity contribution in [2.45, 2.75) is 25.2 Å². The van der Waals surface area contributed by atoms with Crippen molar-refractivity contribution in [2.24, 2.45) is 16.0 Å². The Hall–Kier alpha value is -2.29. The molecule has 25 heavy (non-hydrogen) atoms. The summed E-state index contributed by atoms with van der Waals surface area (Å²) in [5, 5.41) is 5.83. The minimum absolute atomic E-state index is 0.0200. The number of hydrogen-bond donors (Lipinski definition) is 1. The lowest BCUT2D eigenvalue weighted by molar-refractivity contribution is 0.392. The second-order valence-corrected chi connectivity index (χ2v) is 7.09. The molecule has 1 N–H and O–H groups in total. The van der Waals surface area contributed by atoms with E-state index >= 15 is 0 Å². The Morgan fingerprint density at radius 3 is 2.68 bits per heavy atom. The van der Waals surface area contributed by atoms with Crippen LogP contribution >= 0.6 is 0 Å². The number of guanidine groups is 1. The molecule has 0 aromatic heterocycles. The Bertz CT molecular complexity index is 761. The smallest absolute Gasteiger partial charge is 0.268 e. The minimum Gasteiger partial charge on any atom is -0.497 e. The van der Waals surface area contributed by atoms with Gasteiger partial charge in [0.2, 0.25) is 5.96 Å². The Morgan fingerprint density at radius 2 is 2.12 bits per heavy atom. The van der Waals surface area contributed by atoms with Crippen molar-refractivity contribution in [3.8, 4) is 11.5 Å². The monoisotopic (exact) mass is 368 g/mol. The van der Waals surface area contributed by atoms with Crippen molar-refractivity contribution in [3.63, 3.8) is 0 Å². The summed E-state index contributed by atoms with van der Waals surface area (Å²) in [5.41, 5.74) is 0. The van der Waals surface area contributed by atoms with E-state index in [4.69, 9.17) is 9.47 Å². The van der Waals surface area contributed by atoms with E-state index in [2.05, 4.69) is 21.7 Å². The van der Waals surface area contributed by atoms with Crippen LogP contribution in [0.15, 0.2) is 33.2 Å². The third-order valence-corrected chi connectivity index (χ3v) is 5.14. The largest absolute Gasteiger partial charge is 0.497 e. The van der Waals surface area contributed by atoms with Gasteiger partial charge < -0.3 is 9.47 Å². The van der Waals surface area contributed by atoms with Gasteiger partial charge in [-0.2, -0.15) is 5.10 Å². The second-order valence-electron chi connectivity index (χ2n) is 5.44. The van der Waals surface area contributed by atoms with Crippen molar-refractivity contribution < 1.29 is 17.9 Å². The van der Waals surface area contributed by atoms with E-state index in [9.17, 15) is 8.42 Å². The van der Waals surface area contributed by atoms with Crippen LogP contribution in [0.1, 0.15) is 20.3 Å². The van der Waals surface area contributed by atoms with Crippen LogP contribution in [0.25, 0.3) is 0 Å². The van der Waals surface area contributed by atoms with Gasteiger partial charge in [0.05, 0.1) is 20.8 Å². The summed E-state index contributed by atoms with van der Waals surface area (Å²) in [4.78, 5) is 4.23. The van der Waals surface area contributed by atoms with Crippen LogP contribution < -0.4 is 14.2 Å². The van der Waals surface area contributed by atoms with Gasteiger partial charge >= 0.3 is 0 Å². The molecule has 0 amide bonds. The molecule has 1 heterocycles. The lowest BCUT2D eigenvalue weighted by Gasteiger charge is -2.20. The molecule has 0 spiro atoms. The van der Waals surface area contributed by atoms with Gasteiger partial charge in [-0.1, -0.05) is 6.92 Å². The molecule has 0 radical (unpaired) electrons. The van der Waals surface area contributed by atoms with Crippen LogP contribution in [0.3, 0.4) is 0 Å². The summed E-state index contributed by atoms with van der Waals surface area (Å²) in [5.74, 6) is 1.11. The molecule has 0 bridgehead atoms. The zero-order chi connectivity index (χ0) is 18.4. The average molecular weight is 368 g/mol. The number of ether oxygens (including phenoxy) is 2. The van der Waals surface area contributed by atoms with Crippen LogP contribution in [0.4, 0.5) is 0 Å². The quantitative estimate of drug-likeness (QED) is 0.609. The maximum atomic E-state index is 12.9. The molecule has 138 valence electrons. The summed E-state index contributed by atoms with van der Waals surface area (Å²) in [6.07, 6.45) is 2.74. The maximum absolute atomic E-state index is 12.9. The topological polar surface area (TPSA) is 92.6 Å². The molecule has 0 saturated heterocycles. The summed E-state index contributed by atoms with van der Waals surface area (Å²) in [7, 11) is -1.03. The number of hydrazone groups is 1. The summed E-state index contributed by atoms with van der Waals surface area (Å²) < 4.78 is 38.5. The predicted octanol–water partition coefficient (Wildman–Crippen LogP) is 1.69. The molecule has 1 atom stereocenters. The van der Waals surface area contributed by atoms with Gasteiger partial charge in [-0.25, -0.2) is 18.1 Å². The fraction of sp³-hybridized carbons (Fsp3) is 0.500. The number of rotatable bonds is 6. The highest BCUT2D eigenvalue weighted by atomic mass is 32.2. The molecule has 1 aliphatic rings. The number of sulfonamides is 1. The molecule has 8 nitrogen and oxygen atoms in total. The molecule has 0 saturated carbocycles. The Kier molecular flexibility index (Phi) is 6.24. The third kappa shape index (κ3) is 4.41. The van der Waals surface area contributed by atoms with Crippen LogP contribution in [0.2, 0.25) is 0 Å². The first-order chi connectivity index (χ1) is 11.9. The summed E-state index contributed by atoms with van der Waals surface area (Å²) in [6, 6.07) is 4.59. The SMILES string of the molecule is CCN=C(NS(=O)(=O)c1cc(OC)ccc1OC)N1CC(CC)C=N1. The molecule has 0 fully saturated rings. The molecular weight excluding hydrogens is 344 g/mol. The molecule has 9 heteroatoms. The summed E-state index contributed by atoms with van der Waals surface area (Å²) in [6.45, 7) is 4.91. The number of nitrogens with zero attached hydrogens (tertiary/aromatic N) is 3. The average Bonchev–Trinajstić information content (AvgIpc) is 3.09. The van der Waals surface area contributed by atoms with Gasteiger partial charge in [-0.15, -0.1) is 0 Å². The van der Waals surface area contributed by atoms with E-state index in [0.717, 1.165) is 6.42 Å². The molecule has 1 aromatic rings. The second kappa shape index (κ2) is 8.19. The highest BCUT2D eigenvalue weighted by Crippen LogP contribution is 2.28. The fourth-order valence-electron chi connectivity index (χ4n) is 2.35. The third-order valence-electron chi connectivity index (χ3n) is 3.79. The van der Waals surface area contributed by atoms with Gasteiger partial charge in [0.1, 0.15) is 16.4 Å². The highest BCUT2D eigenvalue weighted by molar-refractivity contribution is 7.90. The van der Waals surface area contributed by atoms with Crippen molar-refractivity contribution >= 4 is 22.2 Å². The van der Waals surface area contributed by atoms with Crippen LogP contribution in [-0.2, 0) is 10.0 Å². The molecule has 0 aliphatic carbocycles. The van der Waals surface area contributed by atoms with E-state index in [-0.39, 0.29) is 22.5 Å². The van der Waals surface area contributed by atoms with E-state index in [1.165, 1.54) is 20.3 Å². The van der Waals surface area contributed by atoms with Gasteiger partial charge in [0.25, 0.3) is 10.0 Å². The van der Waals surface area contributed by atoms with Crippen molar-refractivity contribution in [1.82, 2.24) is 9.73 Å². The normalized spacial score (nSPS) is 17.7. The summed E-state index contributed by atoms with van der Waals surface area (Å²) >= 11 is 0. The standard InChI is InChI=1S/C16H24N4O4S/c1-5-12-10-18-20(11-12)16(17-6-2)19-25(21,22)15-9-13(23-3)7-8-14(15)24-4/h7-10,12H,5-6,11H2,1-4H3,(H,17,19). The van der Waals surface area contributed by atoms with E-state index in [0.29, 0.717) is 18.8 Å². The lowest BCUT2D eigenvalue weighted by atomic mass is 10.1. The first-order valence-electron chi connectivity index (χ1n) is 8.06. The number of methoxy groups -OCH3 is 2. The van der Waals surface area contributed by atoms with Crippen LogP contribution in [0, 0.1) is 5.92 Å². The maximum Gasteiger partial charge on any atom is 0.268 e. The molecule has 2 rings (SSSR count). The van der Waals surface area contributed by atoms with Gasteiger partial charge in [0.15, 0.2) is 0 Å². The fourth-order valence-corrected chi connectivity index (χ4v) is 3.56. The van der Waals surface area contributed by atoms with E-state index in [1.807, 2.05) is 13.1 Å². The molecule has 1 unspecified atom stereocenters. The highest BCUT2D eigenvalue weighted by Gasteiger charge is 2.27. The Morgan fingerprint density at radius 1 is 1.36 bits per heavy atom. The molecule has 1 aliphatic heterocycles. The molecular formula is C16H24N4O4S. The van der Waals surface area contributed by atoms with Gasteiger partial charge in [-0.3, -0.25) is 4.99 Å². The van der Waals surface area contributed by atoms with Gasteiger partial charge in [-0.05, 0) is 25.5 Å². The first-order valence-corrected chi connectivity index (χ1v) is 9.54. The van der Waals surface area contributed by atoms with E-state index in [1.54, 1.807) is 17.1 Å². The van der Waals surface area contributed by atoms with Gasteiger partial charge in [0, 0.05) is 24.7 Å². The lowest BCUT2D eigenvalue weighted by Crippen LogP contribution is -2.41. The number of benzene rings is 1. The van der Waals surface area contributed by atoms with E-state index < -0.39 is 10.0 Å². The first kappa shape index (κ1) is 19.0. The number of nitrogens with one attached hydrogen (secondary N) is 1.